The van der Waals surface area contributed by atoms with E-state index < -0.39 is 5.91 Å². The Labute approximate surface area is 177 Å². The quantitative estimate of drug-likeness (QED) is 0.605. The molecular weight excluding hydrogens is 374 g/mol. The monoisotopic (exact) mass is 405 g/mol. The number of aromatic nitrogens is 2. The highest BCUT2D eigenvalue weighted by Crippen LogP contribution is 2.48. The molecule has 0 radical (unpaired) electrons. The van der Waals surface area contributed by atoms with Gasteiger partial charge in [0.1, 0.15) is 5.82 Å². The standard InChI is InChI=1S/C24H31N5O/c1-23(2,3)22-24(8-11-26-22)9-12-29(13-10-24)21-18-15-6-4-5-7-17(15)28-19(18)16(14-27-21)20(25)30/h4-7,14,22,26,28H,8-13H2,1-3H3,(H2,25,30). The van der Waals surface area contributed by atoms with E-state index in [4.69, 9.17) is 10.7 Å². The number of benzene rings is 1. The number of para-hydroxylation sites is 1. The molecule has 1 atom stereocenters. The van der Waals surface area contributed by atoms with Crippen molar-refractivity contribution in [2.24, 2.45) is 16.6 Å². The molecule has 5 rings (SSSR count). The number of hydrogen-bond acceptors (Lipinski definition) is 4. The summed E-state index contributed by atoms with van der Waals surface area (Å²) in [5, 5.41) is 5.89. The first-order valence-corrected chi connectivity index (χ1v) is 11.0. The molecule has 2 fully saturated rings. The maximum absolute atomic E-state index is 12.0. The van der Waals surface area contributed by atoms with Crippen molar-refractivity contribution in [3.8, 4) is 0 Å². The molecule has 1 unspecified atom stereocenters. The number of primary amides is 1. The maximum Gasteiger partial charge on any atom is 0.252 e. The number of aromatic amines is 1. The molecule has 0 aliphatic carbocycles. The van der Waals surface area contributed by atoms with Gasteiger partial charge in [0.15, 0.2) is 0 Å². The predicted molar refractivity (Wildman–Crippen MR) is 122 cm³/mol. The molecule has 2 aliphatic heterocycles. The smallest absolute Gasteiger partial charge is 0.252 e. The molecular formula is C24H31N5O. The van der Waals surface area contributed by atoms with Gasteiger partial charge in [-0.05, 0) is 42.7 Å². The highest BCUT2D eigenvalue weighted by Gasteiger charge is 2.49. The number of H-pyrrole nitrogens is 1. The summed E-state index contributed by atoms with van der Waals surface area (Å²) in [4.78, 5) is 22.6. The fourth-order valence-corrected chi connectivity index (χ4v) is 6.01. The van der Waals surface area contributed by atoms with Crippen LogP contribution in [-0.2, 0) is 0 Å². The number of anilines is 1. The summed E-state index contributed by atoms with van der Waals surface area (Å²) < 4.78 is 0. The van der Waals surface area contributed by atoms with Gasteiger partial charge in [0, 0.05) is 36.2 Å². The minimum absolute atomic E-state index is 0.254. The van der Waals surface area contributed by atoms with Gasteiger partial charge in [-0.3, -0.25) is 4.79 Å². The van der Waals surface area contributed by atoms with E-state index in [1.54, 1.807) is 6.20 Å². The molecule has 3 aromatic rings. The minimum atomic E-state index is -0.451. The largest absolute Gasteiger partial charge is 0.365 e. The van der Waals surface area contributed by atoms with E-state index in [0.29, 0.717) is 17.0 Å². The number of carbonyl (C=O) groups excluding carboxylic acids is 1. The first-order chi connectivity index (χ1) is 14.3. The molecule has 1 amide bonds. The summed E-state index contributed by atoms with van der Waals surface area (Å²) in [5.74, 6) is 0.508. The lowest BCUT2D eigenvalue weighted by Gasteiger charge is -2.47. The molecule has 2 aliphatic rings. The summed E-state index contributed by atoms with van der Waals surface area (Å²) in [7, 11) is 0. The van der Waals surface area contributed by atoms with Crippen LogP contribution in [0.25, 0.3) is 21.8 Å². The number of piperidine rings is 1. The van der Waals surface area contributed by atoms with Crippen LogP contribution in [0.5, 0.6) is 0 Å². The minimum Gasteiger partial charge on any atom is -0.365 e. The second-order valence-corrected chi connectivity index (χ2v) is 10.1. The molecule has 0 saturated carbocycles. The van der Waals surface area contributed by atoms with Gasteiger partial charge in [0.2, 0.25) is 0 Å². The third kappa shape index (κ3) is 2.88. The van der Waals surface area contributed by atoms with Crippen molar-refractivity contribution >= 4 is 33.5 Å². The zero-order valence-corrected chi connectivity index (χ0v) is 18.1. The summed E-state index contributed by atoms with van der Waals surface area (Å²) in [5.41, 5.74) is 8.51. The van der Waals surface area contributed by atoms with E-state index in [9.17, 15) is 4.79 Å². The third-order valence-electron chi connectivity index (χ3n) is 7.29. The van der Waals surface area contributed by atoms with Gasteiger partial charge in [0.25, 0.3) is 5.91 Å². The van der Waals surface area contributed by atoms with Gasteiger partial charge in [-0.2, -0.15) is 0 Å². The fraction of sp³-hybridized carbons (Fsp3) is 0.500. The van der Waals surface area contributed by atoms with E-state index >= 15 is 0 Å². The second-order valence-electron chi connectivity index (χ2n) is 10.1. The van der Waals surface area contributed by atoms with E-state index in [0.717, 1.165) is 60.1 Å². The molecule has 158 valence electrons. The molecule has 4 heterocycles. The van der Waals surface area contributed by atoms with Crippen LogP contribution in [0, 0.1) is 10.8 Å². The molecule has 1 spiro atoms. The SMILES string of the molecule is CC(C)(C)C1NCCC12CCN(c1ncc(C(N)=O)c3[nH]c4ccccc4c13)CC2. The Morgan fingerprint density at radius 2 is 1.93 bits per heavy atom. The lowest BCUT2D eigenvalue weighted by atomic mass is 9.65. The zero-order chi connectivity index (χ0) is 21.1. The molecule has 6 nitrogen and oxygen atoms in total. The highest BCUT2D eigenvalue weighted by atomic mass is 16.1. The van der Waals surface area contributed by atoms with Gasteiger partial charge in [0.05, 0.1) is 16.5 Å². The Hall–Kier alpha value is -2.60. The molecule has 2 aromatic heterocycles. The normalized spacial score (nSPS) is 21.7. The summed E-state index contributed by atoms with van der Waals surface area (Å²) in [6.07, 6.45) is 5.20. The van der Waals surface area contributed by atoms with E-state index in [1.807, 2.05) is 18.2 Å². The van der Waals surface area contributed by atoms with Gasteiger partial charge in [-0.15, -0.1) is 0 Å². The Morgan fingerprint density at radius 3 is 2.63 bits per heavy atom. The molecule has 4 N–H and O–H groups in total. The third-order valence-corrected chi connectivity index (χ3v) is 7.29. The zero-order valence-electron chi connectivity index (χ0n) is 18.1. The lowest BCUT2D eigenvalue weighted by molar-refractivity contribution is 0.100. The number of hydrogen-bond donors (Lipinski definition) is 3. The van der Waals surface area contributed by atoms with Crippen LogP contribution in [-0.4, -0.2) is 41.6 Å². The Balaban J connectivity index is 1.54. The lowest BCUT2D eigenvalue weighted by Crippen LogP contribution is -2.51. The number of pyridine rings is 1. The van der Waals surface area contributed by atoms with Gasteiger partial charge >= 0.3 is 0 Å². The number of nitrogens with one attached hydrogen (secondary N) is 2. The predicted octanol–water partition coefficient (Wildman–Crippen LogP) is 3.81. The molecule has 6 heteroatoms. The molecule has 30 heavy (non-hydrogen) atoms. The Kier molecular flexibility index (Phi) is 4.33. The van der Waals surface area contributed by atoms with Crippen LogP contribution in [0.1, 0.15) is 50.4 Å². The van der Waals surface area contributed by atoms with Crippen LogP contribution in [0.4, 0.5) is 5.82 Å². The van der Waals surface area contributed by atoms with Crippen LogP contribution < -0.4 is 16.0 Å². The number of nitrogens with zero attached hydrogens (tertiary/aromatic N) is 2. The van der Waals surface area contributed by atoms with Crippen LogP contribution in [0.2, 0.25) is 0 Å². The van der Waals surface area contributed by atoms with Crippen molar-refractivity contribution in [1.29, 1.82) is 0 Å². The Morgan fingerprint density at radius 1 is 1.20 bits per heavy atom. The number of nitrogens with two attached hydrogens (primary N) is 1. The van der Waals surface area contributed by atoms with Crippen LogP contribution >= 0.6 is 0 Å². The number of amides is 1. The van der Waals surface area contributed by atoms with Crippen molar-refractivity contribution in [2.45, 2.75) is 46.1 Å². The van der Waals surface area contributed by atoms with E-state index in [2.05, 4.69) is 42.0 Å². The van der Waals surface area contributed by atoms with Crippen molar-refractivity contribution < 1.29 is 4.79 Å². The average molecular weight is 406 g/mol. The highest BCUT2D eigenvalue weighted by molar-refractivity contribution is 6.18. The van der Waals surface area contributed by atoms with E-state index in [1.165, 1.54) is 6.42 Å². The fourth-order valence-electron chi connectivity index (χ4n) is 6.01. The molecule has 2 saturated heterocycles. The van der Waals surface area contributed by atoms with Crippen molar-refractivity contribution in [2.75, 3.05) is 24.5 Å². The Bertz CT molecular complexity index is 1120. The van der Waals surface area contributed by atoms with Gasteiger partial charge in [-0.1, -0.05) is 39.0 Å². The van der Waals surface area contributed by atoms with Crippen molar-refractivity contribution in [3.63, 3.8) is 0 Å². The topological polar surface area (TPSA) is 87.0 Å². The van der Waals surface area contributed by atoms with Crippen molar-refractivity contribution in [1.82, 2.24) is 15.3 Å². The van der Waals surface area contributed by atoms with Crippen molar-refractivity contribution in [3.05, 3.63) is 36.0 Å². The summed E-state index contributed by atoms with van der Waals surface area (Å²) >= 11 is 0. The van der Waals surface area contributed by atoms with Crippen LogP contribution in [0.15, 0.2) is 30.5 Å². The van der Waals surface area contributed by atoms with Gasteiger partial charge in [-0.25, -0.2) is 4.98 Å². The number of fused-ring (bicyclic) bond motifs is 3. The summed E-state index contributed by atoms with van der Waals surface area (Å²) in [6, 6.07) is 8.70. The average Bonchev–Trinajstić information content (AvgIpc) is 3.29. The van der Waals surface area contributed by atoms with E-state index in [-0.39, 0.29) is 5.41 Å². The maximum atomic E-state index is 12.0. The molecule has 0 bridgehead atoms. The first-order valence-electron chi connectivity index (χ1n) is 11.0. The number of rotatable bonds is 2. The van der Waals surface area contributed by atoms with Gasteiger partial charge < -0.3 is 20.9 Å². The first kappa shape index (κ1) is 19.4. The molecule has 1 aromatic carbocycles. The summed E-state index contributed by atoms with van der Waals surface area (Å²) in [6.45, 7) is 10.1. The second kappa shape index (κ2) is 6.71. The van der Waals surface area contributed by atoms with Crippen LogP contribution in [0.3, 0.4) is 0 Å². The number of carbonyl (C=O) groups is 1.